The van der Waals surface area contributed by atoms with Gasteiger partial charge in [-0.1, -0.05) is 36.0 Å². The second-order valence-corrected chi connectivity index (χ2v) is 8.61. The summed E-state index contributed by atoms with van der Waals surface area (Å²) in [5.74, 6) is 0.902. The largest absolute Gasteiger partial charge is 0.368 e. The Kier molecular flexibility index (Phi) is 5.45. The molecule has 0 unspecified atom stereocenters. The number of piperazine rings is 1. The second kappa shape index (κ2) is 8.14. The Labute approximate surface area is 166 Å². The fourth-order valence-corrected chi connectivity index (χ4v) is 4.58. The number of H-pyrrole nitrogens is 1. The first-order chi connectivity index (χ1) is 13.2. The zero-order valence-corrected chi connectivity index (χ0v) is 16.7. The summed E-state index contributed by atoms with van der Waals surface area (Å²) in [5, 5.41) is 9.61. The summed E-state index contributed by atoms with van der Waals surface area (Å²) in [6.07, 6.45) is 0. The quantitative estimate of drug-likeness (QED) is 0.667. The lowest BCUT2D eigenvalue weighted by molar-refractivity contribution is -0.130. The van der Waals surface area contributed by atoms with Gasteiger partial charge in [-0.15, -0.1) is 16.4 Å². The molecule has 6 nitrogen and oxygen atoms in total. The molecule has 1 atom stereocenters. The van der Waals surface area contributed by atoms with Crippen LogP contribution in [0.2, 0.25) is 0 Å². The number of aromatic nitrogens is 3. The number of hydrogen-bond donors (Lipinski definition) is 1. The van der Waals surface area contributed by atoms with Crippen molar-refractivity contribution in [1.82, 2.24) is 20.1 Å². The summed E-state index contributed by atoms with van der Waals surface area (Å²) in [4.78, 5) is 22.6. The third-order valence-corrected chi connectivity index (χ3v) is 6.39. The van der Waals surface area contributed by atoms with E-state index < -0.39 is 0 Å². The lowest BCUT2D eigenvalue weighted by atomic mass is 10.2. The maximum Gasteiger partial charge on any atom is 0.236 e. The molecule has 0 bridgehead atoms. The average molecular weight is 400 g/mol. The number of thioether (sulfide) groups is 1. The Bertz CT molecular complexity index is 873. The number of anilines is 1. The Morgan fingerprint density at radius 3 is 2.63 bits per heavy atom. The number of amides is 1. The minimum absolute atomic E-state index is 0.148. The maximum atomic E-state index is 12.8. The van der Waals surface area contributed by atoms with Crippen molar-refractivity contribution < 1.29 is 4.79 Å². The standard InChI is InChI=1S/C19H21N5OS2/c1-14(27-19-20-17(21-22-19)16-8-5-13-26-16)18(25)24-11-9-23(10-12-24)15-6-3-2-4-7-15/h2-8,13-14H,9-12H2,1H3,(H,20,21,22)/t14-/m0/s1. The summed E-state index contributed by atoms with van der Waals surface area (Å²) < 4.78 is 0. The number of para-hydroxylation sites is 1. The van der Waals surface area contributed by atoms with Gasteiger partial charge in [0.1, 0.15) is 0 Å². The molecular formula is C19H21N5OS2. The third-order valence-electron chi connectivity index (χ3n) is 4.56. The highest BCUT2D eigenvalue weighted by atomic mass is 32.2. The average Bonchev–Trinajstić information content (AvgIpc) is 3.40. The van der Waals surface area contributed by atoms with E-state index in [0.29, 0.717) is 5.16 Å². The molecule has 0 aliphatic carbocycles. The summed E-state index contributed by atoms with van der Waals surface area (Å²) in [6, 6.07) is 14.3. The molecule has 0 radical (unpaired) electrons. The van der Waals surface area contributed by atoms with Crippen LogP contribution in [-0.4, -0.2) is 57.4 Å². The zero-order valence-electron chi connectivity index (χ0n) is 15.0. The monoisotopic (exact) mass is 399 g/mol. The van der Waals surface area contributed by atoms with Crippen LogP contribution in [0.25, 0.3) is 10.7 Å². The van der Waals surface area contributed by atoms with Gasteiger partial charge in [0.25, 0.3) is 0 Å². The highest BCUT2D eigenvalue weighted by Gasteiger charge is 2.26. The molecule has 1 aliphatic rings. The summed E-state index contributed by atoms with van der Waals surface area (Å²) in [7, 11) is 0. The predicted molar refractivity (Wildman–Crippen MR) is 110 cm³/mol. The minimum Gasteiger partial charge on any atom is -0.368 e. The van der Waals surface area contributed by atoms with E-state index in [0.717, 1.165) is 36.9 Å². The fraction of sp³-hybridized carbons (Fsp3) is 0.316. The van der Waals surface area contributed by atoms with Gasteiger partial charge in [0.15, 0.2) is 5.82 Å². The smallest absolute Gasteiger partial charge is 0.236 e. The van der Waals surface area contributed by atoms with E-state index in [-0.39, 0.29) is 11.2 Å². The van der Waals surface area contributed by atoms with Crippen LogP contribution in [0.15, 0.2) is 53.0 Å². The van der Waals surface area contributed by atoms with Crippen molar-refractivity contribution in [2.24, 2.45) is 0 Å². The van der Waals surface area contributed by atoms with Crippen molar-refractivity contribution >= 4 is 34.7 Å². The number of carbonyl (C=O) groups excluding carboxylic acids is 1. The number of hydrogen-bond acceptors (Lipinski definition) is 6. The van der Waals surface area contributed by atoms with E-state index in [1.165, 1.54) is 17.4 Å². The second-order valence-electron chi connectivity index (χ2n) is 6.35. The van der Waals surface area contributed by atoms with E-state index in [4.69, 9.17) is 0 Å². The zero-order chi connectivity index (χ0) is 18.6. The van der Waals surface area contributed by atoms with Crippen LogP contribution in [0, 0.1) is 0 Å². The molecule has 1 fully saturated rings. The molecule has 8 heteroatoms. The minimum atomic E-state index is -0.208. The lowest BCUT2D eigenvalue weighted by Crippen LogP contribution is -2.50. The first-order valence-electron chi connectivity index (χ1n) is 8.92. The Morgan fingerprint density at radius 2 is 1.93 bits per heavy atom. The van der Waals surface area contributed by atoms with Crippen LogP contribution in [0.5, 0.6) is 0 Å². The number of aromatic amines is 1. The van der Waals surface area contributed by atoms with Crippen molar-refractivity contribution in [3.63, 3.8) is 0 Å². The van der Waals surface area contributed by atoms with Crippen LogP contribution < -0.4 is 4.90 Å². The Hall–Kier alpha value is -2.32. The molecule has 1 saturated heterocycles. The highest BCUT2D eigenvalue weighted by molar-refractivity contribution is 8.00. The topological polar surface area (TPSA) is 65.1 Å². The van der Waals surface area contributed by atoms with Crippen molar-refractivity contribution in [3.8, 4) is 10.7 Å². The van der Waals surface area contributed by atoms with E-state index in [2.05, 4.69) is 32.2 Å². The number of carbonyl (C=O) groups is 1. The SMILES string of the molecule is C[C@H](Sc1n[nH]c(-c2cccs2)n1)C(=O)N1CCN(c2ccccc2)CC1. The molecule has 1 amide bonds. The van der Waals surface area contributed by atoms with Crippen LogP contribution in [-0.2, 0) is 4.79 Å². The van der Waals surface area contributed by atoms with E-state index in [1.54, 1.807) is 11.3 Å². The van der Waals surface area contributed by atoms with Crippen molar-refractivity contribution in [3.05, 3.63) is 47.8 Å². The number of rotatable bonds is 5. The van der Waals surface area contributed by atoms with Crippen LogP contribution >= 0.6 is 23.1 Å². The number of benzene rings is 1. The molecule has 27 heavy (non-hydrogen) atoms. The molecule has 3 heterocycles. The lowest BCUT2D eigenvalue weighted by Gasteiger charge is -2.37. The number of nitrogens with zero attached hydrogens (tertiary/aromatic N) is 4. The van der Waals surface area contributed by atoms with Gasteiger partial charge < -0.3 is 9.80 Å². The molecule has 140 valence electrons. The maximum absolute atomic E-state index is 12.8. The van der Waals surface area contributed by atoms with Crippen LogP contribution in [0.1, 0.15) is 6.92 Å². The van der Waals surface area contributed by atoms with Crippen molar-refractivity contribution in [1.29, 1.82) is 0 Å². The summed E-state index contributed by atoms with van der Waals surface area (Å²) in [5.41, 5.74) is 1.22. The van der Waals surface area contributed by atoms with E-state index in [1.807, 2.05) is 47.5 Å². The Morgan fingerprint density at radius 1 is 1.15 bits per heavy atom. The van der Waals surface area contributed by atoms with Gasteiger partial charge in [0, 0.05) is 31.9 Å². The highest BCUT2D eigenvalue weighted by Crippen LogP contribution is 2.26. The molecule has 1 aromatic carbocycles. The molecule has 0 saturated carbocycles. The van der Waals surface area contributed by atoms with Gasteiger partial charge >= 0.3 is 0 Å². The van der Waals surface area contributed by atoms with Crippen molar-refractivity contribution in [2.75, 3.05) is 31.1 Å². The van der Waals surface area contributed by atoms with Gasteiger partial charge in [-0.2, -0.15) is 0 Å². The van der Waals surface area contributed by atoms with Gasteiger partial charge in [-0.3, -0.25) is 9.89 Å². The van der Waals surface area contributed by atoms with Gasteiger partial charge in [-0.05, 0) is 30.5 Å². The van der Waals surface area contributed by atoms with Gasteiger partial charge in [-0.25, -0.2) is 4.98 Å². The van der Waals surface area contributed by atoms with Crippen LogP contribution in [0.4, 0.5) is 5.69 Å². The molecule has 1 aliphatic heterocycles. The van der Waals surface area contributed by atoms with E-state index >= 15 is 0 Å². The fourth-order valence-electron chi connectivity index (χ4n) is 3.11. The van der Waals surface area contributed by atoms with E-state index in [9.17, 15) is 4.79 Å². The first-order valence-corrected chi connectivity index (χ1v) is 10.7. The molecule has 3 aromatic rings. The predicted octanol–water partition coefficient (Wildman–Crippen LogP) is 3.36. The molecule has 2 aromatic heterocycles. The molecule has 0 spiro atoms. The van der Waals surface area contributed by atoms with Crippen LogP contribution in [0.3, 0.4) is 0 Å². The number of nitrogens with one attached hydrogen (secondary N) is 1. The summed E-state index contributed by atoms with van der Waals surface area (Å²) >= 11 is 3.02. The molecule has 1 N–H and O–H groups in total. The normalized spacial score (nSPS) is 15.7. The molecular weight excluding hydrogens is 378 g/mol. The summed E-state index contributed by atoms with van der Waals surface area (Å²) in [6.45, 7) is 5.13. The number of thiophene rings is 1. The van der Waals surface area contributed by atoms with Gasteiger partial charge in [0.2, 0.25) is 11.1 Å². The third kappa shape index (κ3) is 4.17. The van der Waals surface area contributed by atoms with Gasteiger partial charge in [0.05, 0.1) is 10.1 Å². The van der Waals surface area contributed by atoms with Crippen molar-refractivity contribution in [2.45, 2.75) is 17.3 Å². The molecule has 4 rings (SSSR count). The first kappa shape index (κ1) is 18.1. The Balaban J connectivity index is 1.32.